The Kier molecular flexibility index (Phi) is 2.76. The van der Waals surface area contributed by atoms with E-state index in [2.05, 4.69) is 0 Å². The number of hydrogen-bond donors (Lipinski definition) is 3. The smallest absolute Gasteiger partial charge is 0.125 e. The van der Waals surface area contributed by atoms with Crippen LogP contribution in [0.25, 0.3) is 0 Å². The van der Waals surface area contributed by atoms with Crippen LogP contribution < -0.4 is 10.5 Å². The third-order valence-corrected chi connectivity index (χ3v) is 1.27. The fourth-order valence-corrected chi connectivity index (χ4v) is 0.853. The highest BCUT2D eigenvalue weighted by atomic mass is 16.5. The zero-order chi connectivity index (χ0) is 8.97. The van der Waals surface area contributed by atoms with E-state index in [-0.39, 0.29) is 19.0 Å². The van der Waals surface area contributed by atoms with Crippen molar-refractivity contribution in [2.75, 3.05) is 18.9 Å². The van der Waals surface area contributed by atoms with Crippen LogP contribution in [0.2, 0.25) is 0 Å². The first-order valence-corrected chi connectivity index (χ1v) is 3.55. The highest BCUT2D eigenvalue weighted by Crippen LogP contribution is 2.22. The van der Waals surface area contributed by atoms with Gasteiger partial charge >= 0.3 is 0 Å². The highest BCUT2D eigenvalue weighted by Gasteiger charge is 1.97. The number of nitrogen functional groups attached to an aromatic ring is 1. The molecule has 66 valence electrons. The molecule has 12 heavy (non-hydrogen) atoms. The number of ether oxygens (including phenoxy) is 1. The van der Waals surface area contributed by atoms with E-state index >= 15 is 0 Å². The van der Waals surface area contributed by atoms with E-state index in [0.717, 1.165) is 0 Å². The van der Waals surface area contributed by atoms with Crippen molar-refractivity contribution in [1.82, 2.24) is 0 Å². The fourth-order valence-electron chi connectivity index (χ4n) is 0.853. The topological polar surface area (TPSA) is 75.7 Å². The van der Waals surface area contributed by atoms with E-state index in [0.29, 0.717) is 11.4 Å². The quantitative estimate of drug-likeness (QED) is 0.570. The molecular formula is C8H11NO3. The number of anilines is 1. The van der Waals surface area contributed by atoms with Crippen LogP contribution in [0.3, 0.4) is 0 Å². The average Bonchev–Trinajstić information content (AvgIpc) is 1.99. The molecular weight excluding hydrogens is 158 g/mol. The van der Waals surface area contributed by atoms with Crippen molar-refractivity contribution in [1.29, 1.82) is 0 Å². The molecule has 0 radical (unpaired) electrons. The molecule has 4 heteroatoms. The Balaban J connectivity index is 2.72. The van der Waals surface area contributed by atoms with E-state index in [1.54, 1.807) is 6.07 Å². The molecule has 0 saturated heterocycles. The lowest BCUT2D eigenvalue weighted by molar-refractivity contribution is 0.201. The maximum atomic E-state index is 9.07. The van der Waals surface area contributed by atoms with Crippen molar-refractivity contribution >= 4 is 5.69 Å². The summed E-state index contributed by atoms with van der Waals surface area (Å²) in [6.45, 7) is 0.137. The molecule has 0 aromatic heterocycles. The van der Waals surface area contributed by atoms with Gasteiger partial charge in [-0.15, -0.1) is 0 Å². The Bertz CT molecular complexity index is 242. The first kappa shape index (κ1) is 8.67. The minimum absolute atomic E-state index is 0.0583. The second kappa shape index (κ2) is 3.82. The van der Waals surface area contributed by atoms with E-state index < -0.39 is 0 Å². The third kappa shape index (κ3) is 2.32. The van der Waals surface area contributed by atoms with E-state index in [1.807, 2.05) is 0 Å². The van der Waals surface area contributed by atoms with Crippen LogP contribution in [-0.2, 0) is 0 Å². The van der Waals surface area contributed by atoms with Crippen LogP contribution in [0.1, 0.15) is 0 Å². The van der Waals surface area contributed by atoms with E-state index in [9.17, 15) is 0 Å². The molecule has 0 saturated carbocycles. The van der Waals surface area contributed by atoms with E-state index in [1.165, 1.54) is 12.1 Å². The van der Waals surface area contributed by atoms with Gasteiger partial charge in [-0.2, -0.15) is 0 Å². The van der Waals surface area contributed by atoms with Gasteiger partial charge in [-0.1, -0.05) is 0 Å². The Morgan fingerprint density at radius 2 is 2.08 bits per heavy atom. The van der Waals surface area contributed by atoms with Gasteiger partial charge in [0.2, 0.25) is 0 Å². The Hall–Kier alpha value is -1.42. The summed E-state index contributed by atoms with van der Waals surface area (Å²) in [4.78, 5) is 0. The summed E-state index contributed by atoms with van der Waals surface area (Å²) in [6.07, 6.45) is 0. The van der Waals surface area contributed by atoms with Crippen LogP contribution in [0.5, 0.6) is 11.5 Å². The molecule has 0 unspecified atom stereocenters. The predicted octanol–water partition coefficient (Wildman–Crippen LogP) is 0.346. The van der Waals surface area contributed by atoms with Gasteiger partial charge in [-0.3, -0.25) is 0 Å². The summed E-state index contributed by atoms with van der Waals surface area (Å²) in [6, 6.07) is 4.44. The Morgan fingerprint density at radius 1 is 1.33 bits per heavy atom. The zero-order valence-corrected chi connectivity index (χ0v) is 6.53. The second-order valence-corrected chi connectivity index (χ2v) is 2.33. The van der Waals surface area contributed by atoms with Crippen LogP contribution in [-0.4, -0.2) is 23.4 Å². The number of aliphatic hydroxyl groups is 1. The number of rotatable bonds is 3. The highest BCUT2D eigenvalue weighted by molar-refractivity contribution is 5.49. The molecule has 4 nitrogen and oxygen atoms in total. The molecule has 0 bridgehead atoms. The van der Waals surface area contributed by atoms with Gasteiger partial charge in [0.05, 0.1) is 6.61 Å². The molecule has 0 aliphatic carbocycles. The summed E-state index contributed by atoms with van der Waals surface area (Å²) in [7, 11) is 0. The normalized spacial score (nSPS) is 9.75. The number of aromatic hydroxyl groups is 1. The molecule has 1 aromatic rings. The summed E-state index contributed by atoms with van der Waals surface area (Å²) in [5.74, 6) is 0.518. The lowest BCUT2D eigenvalue weighted by atomic mass is 10.3. The number of benzene rings is 1. The SMILES string of the molecule is Nc1cc(O)cc(OCCO)c1. The Morgan fingerprint density at radius 3 is 2.67 bits per heavy atom. The number of phenols is 1. The number of hydrogen-bond acceptors (Lipinski definition) is 4. The van der Waals surface area contributed by atoms with Crippen LogP contribution >= 0.6 is 0 Å². The van der Waals surface area contributed by atoms with Crippen LogP contribution in [0, 0.1) is 0 Å². The van der Waals surface area contributed by atoms with Crippen LogP contribution in [0.4, 0.5) is 5.69 Å². The largest absolute Gasteiger partial charge is 0.508 e. The lowest BCUT2D eigenvalue weighted by Gasteiger charge is -2.05. The monoisotopic (exact) mass is 169 g/mol. The summed E-state index contributed by atoms with van der Waals surface area (Å²) in [5, 5.41) is 17.5. The van der Waals surface area contributed by atoms with E-state index in [4.69, 9.17) is 20.7 Å². The first-order valence-electron chi connectivity index (χ1n) is 3.55. The van der Waals surface area contributed by atoms with Crippen molar-refractivity contribution in [3.05, 3.63) is 18.2 Å². The average molecular weight is 169 g/mol. The summed E-state index contributed by atoms with van der Waals surface area (Å²) in [5.41, 5.74) is 5.86. The number of aliphatic hydroxyl groups excluding tert-OH is 1. The van der Waals surface area contributed by atoms with Gasteiger partial charge in [0.25, 0.3) is 0 Å². The standard InChI is InChI=1S/C8H11NO3/c9-6-3-7(11)5-8(4-6)12-2-1-10/h3-5,10-11H,1-2,9H2. The molecule has 4 N–H and O–H groups in total. The third-order valence-electron chi connectivity index (χ3n) is 1.27. The van der Waals surface area contributed by atoms with Gasteiger partial charge in [0, 0.05) is 23.9 Å². The maximum Gasteiger partial charge on any atom is 0.125 e. The van der Waals surface area contributed by atoms with Crippen molar-refractivity contribution in [3.63, 3.8) is 0 Å². The molecule has 0 heterocycles. The Labute approximate surface area is 70.2 Å². The fraction of sp³-hybridized carbons (Fsp3) is 0.250. The molecule has 0 atom stereocenters. The number of phenolic OH excluding ortho intramolecular Hbond substituents is 1. The van der Waals surface area contributed by atoms with Crippen molar-refractivity contribution in [3.8, 4) is 11.5 Å². The van der Waals surface area contributed by atoms with Crippen molar-refractivity contribution in [2.24, 2.45) is 0 Å². The molecule has 0 aliphatic rings. The lowest BCUT2D eigenvalue weighted by Crippen LogP contribution is -2.01. The molecule has 0 spiro atoms. The van der Waals surface area contributed by atoms with Crippen molar-refractivity contribution in [2.45, 2.75) is 0 Å². The zero-order valence-electron chi connectivity index (χ0n) is 6.53. The molecule has 0 fully saturated rings. The van der Waals surface area contributed by atoms with Crippen molar-refractivity contribution < 1.29 is 14.9 Å². The minimum atomic E-state index is -0.0600. The molecule has 1 aromatic carbocycles. The molecule has 0 amide bonds. The summed E-state index contributed by atoms with van der Waals surface area (Å²) >= 11 is 0. The second-order valence-electron chi connectivity index (χ2n) is 2.33. The van der Waals surface area contributed by atoms with Gasteiger partial charge < -0.3 is 20.7 Å². The minimum Gasteiger partial charge on any atom is -0.508 e. The maximum absolute atomic E-state index is 9.07. The number of nitrogens with two attached hydrogens (primary N) is 1. The van der Waals surface area contributed by atoms with Gasteiger partial charge in [0.1, 0.15) is 18.1 Å². The van der Waals surface area contributed by atoms with Gasteiger partial charge in [-0.25, -0.2) is 0 Å². The molecule has 1 rings (SSSR count). The van der Waals surface area contributed by atoms with Gasteiger partial charge in [0.15, 0.2) is 0 Å². The molecule has 0 aliphatic heterocycles. The summed E-state index contributed by atoms with van der Waals surface area (Å²) < 4.78 is 5.03. The predicted molar refractivity (Wildman–Crippen MR) is 45.1 cm³/mol. The van der Waals surface area contributed by atoms with Gasteiger partial charge in [-0.05, 0) is 0 Å². The first-order chi connectivity index (χ1) is 5.72. The van der Waals surface area contributed by atoms with Crippen LogP contribution in [0.15, 0.2) is 18.2 Å².